The molecule has 0 aliphatic heterocycles. The number of nitro benzene ring substituents is 1. The minimum absolute atomic E-state index is 0.0389. The van der Waals surface area contributed by atoms with E-state index in [4.69, 9.17) is 9.47 Å². The molecule has 1 N–H and O–H groups in total. The number of anilines is 1. The highest BCUT2D eigenvalue weighted by atomic mass is 16.6. The Morgan fingerprint density at radius 1 is 1.47 bits per heavy atom. The van der Waals surface area contributed by atoms with Gasteiger partial charge in [-0.1, -0.05) is 6.07 Å². The standard InChI is InChI=1S/C13H20N2O4/c1-4-18-8-10(2)19-9-11-5-6-12(14-3)13(7-11)15(16)17/h5-7,10,14H,4,8-9H2,1-3H3. The van der Waals surface area contributed by atoms with Crippen LogP contribution in [-0.2, 0) is 16.1 Å². The van der Waals surface area contributed by atoms with Crippen LogP contribution in [0.5, 0.6) is 0 Å². The molecule has 0 amide bonds. The SMILES string of the molecule is CCOCC(C)OCc1ccc(NC)c([N+](=O)[O-])c1. The van der Waals surface area contributed by atoms with Crippen molar-refractivity contribution in [3.8, 4) is 0 Å². The molecule has 0 aromatic heterocycles. The summed E-state index contributed by atoms with van der Waals surface area (Å²) in [5.74, 6) is 0. The average molecular weight is 268 g/mol. The van der Waals surface area contributed by atoms with Gasteiger partial charge in [0.05, 0.1) is 24.2 Å². The Balaban J connectivity index is 2.64. The largest absolute Gasteiger partial charge is 0.383 e. The monoisotopic (exact) mass is 268 g/mol. The molecule has 0 fully saturated rings. The van der Waals surface area contributed by atoms with Crippen LogP contribution in [0.15, 0.2) is 18.2 Å². The van der Waals surface area contributed by atoms with Crippen LogP contribution in [0.1, 0.15) is 19.4 Å². The van der Waals surface area contributed by atoms with Crippen molar-refractivity contribution < 1.29 is 14.4 Å². The second-order valence-corrected chi connectivity index (χ2v) is 4.14. The van der Waals surface area contributed by atoms with E-state index in [1.54, 1.807) is 13.1 Å². The van der Waals surface area contributed by atoms with Gasteiger partial charge in [0.1, 0.15) is 5.69 Å². The molecule has 0 aliphatic carbocycles. The molecule has 106 valence electrons. The first-order valence-electron chi connectivity index (χ1n) is 6.22. The van der Waals surface area contributed by atoms with E-state index in [1.807, 2.05) is 19.9 Å². The molecule has 6 heteroatoms. The van der Waals surface area contributed by atoms with Gasteiger partial charge in [-0.3, -0.25) is 10.1 Å². The van der Waals surface area contributed by atoms with Crippen LogP contribution in [0.3, 0.4) is 0 Å². The summed E-state index contributed by atoms with van der Waals surface area (Å²) >= 11 is 0. The zero-order chi connectivity index (χ0) is 14.3. The van der Waals surface area contributed by atoms with E-state index in [-0.39, 0.29) is 11.8 Å². The van der Waals surface area contributed by atoms with E-state index in [2.05, 4.69) is 5.32 Å². The Morgan fingerprint density at radius 2 is 2.21 bits per heavy atom. The molecular formula is C13H20N2O4. The lowest BCUT2D eigenvalue weighted by atomic mass is 10.2. The summed E-state index contributed by atoms with van der Waals surface area (Å²) in [6.07, 6.45) is -0.0389. The lowest BCUT2D eigenvalue weighted by Gasteiger charge is -2.13. The lowest BCUT2D eigenvalue weighted by molar-refractivity contribution is -0.384. The zero-order valence-electron chi connectivity index (χ0n) is 11.5. The predicted molar refractivity (Wildman–Crippen MR) is 73.4 cm³/mol. The highest BCUT2D eigenvalue weighted by Crippen LogP contribution is 2.25. The normalized spacial score (nSPS) is 12.2. The van der Waals surface area contributed by atoms with E-state index >= 15 is 0 Å². The number of hydrogen-bond donors (Lipinski definition) is 1. The maximum atomic E-state index is 10.9. The maximum Gasteiger partial charge on any atom is 0.292 e. The summed E-state index contributed by atoms with van der Waals surface area (Å²) in [6.45, 7) is 5.33. The molecule has 0 heterocycles. The van der Waals surface area contributed by atoms with Gasteiger partial charge < -0.3 is 14.8 Å². The van der Waals surface area contributed by atoms with Gasteiger partial charge >= 0.3 is 0 Å². The molecule has 19 heavy (non-hydrogen) atoms. The third kappa shape index (κ3) is 4.84. The third-order valence-electron chi connectivity index (χ3n) is 2.62. The first kappa shape index (κ1) is 15.4. The van der Waals surface area contributed by atoms with Crippen LogP contribution in [0.4, 0.5) is 11.4 Å². The van der Waals surface area contributed by atoms with Crippen molar-refractivity contribution in [1.29, 1.82) is 0 Å². The van der Waals surface area contributed by atoms with E-state index in [9.17, 15) is 10.1 Å². The Bertz CT molecular complexity index is 423. The van der Waals surface area contributed by atoms with Gasteiger partial charge in [-0.15, -0.1) is 0 Å². The Morgan fingerprint density at radius 3 is 2.79 bits per heavy atom. The second kappa shape index (κ2) is 7.70. The van der Waals surface area contributed by atoms with Crippen molar-refractivity contribution in [3.63, 3.8) is 0 Å². The molecule has 0 saturated carbocycles. The van der Waals surface area contributed by atoms with Gasteiger partial charge in [0, 0.05) is 19.7 Å². The van der Waals surface area contributed by atoms with Crippen LogP contribution in [0, 0.1) is 10.1 Å². The van der Waals surface area contributed by atoms with Crippen LogP contribution in [0.2, 0.25) is 0 Å². The van der Waals surface area contributed by atoms with Crippen LogP contribution in [-0.4, -0.2) is 31.3 Å². The van der Waals surface area contributed by atoms with Gasteiger partial charge in [-0.25, -0.2) is 0 Å². The molecule has 6 nitrogen and oxygen atoms in total. The minimum Gasteiger partial charge on any atom is -0.383 e. The second-order valence-electron chi connectivity index (χ2n) is 4.14. The summed E-state index contributed by atoms with van der Waals surface area (Å²) in [6, 6.07) is 5.02. The highest BCUT2D eigenvalue weighted by Gasteiger charge is 2.13. The van der Waals surface area contributed by atoms with Gasteiger partial charge in [-0.2, -0.15) is 0 Å². The van der Waals surface area contributed by atoms with Crippen molar-refractivity contribution in [3.05, 3.63) is 33.9 Å². The smallest absolute Gasteiger partial charge is 0.292 e. The highest BCUT2D eigenvalue weighted by molar-refractivity contribution is 5.62. The quantitative estimate of drug-likeness (QED) is 0.579. The number of nitrogens with one attached hydrogen (secondary N) is 1. The molecule has 0 radical (unpaired) electrons. The summed E-state index contributed by atoms with van der Waals surface area (Å²) in [5.41, 5.74) is 1.33. The third-order valence-corrected chi connectivity index (χ3v) is 2.62. The summed E-state index contributed by atoms with van der Waals surface area (Å²) in [5, 5.41) is 13.7. The fourth-order valence-electron chi connectivity index (χ4n) is 1.60. The van der Waals surface area contributed by atoms with E-state index < -0.39 is 4.92 Å². The van der Waals surface area contributed by atoms with Crippen LogP contribution in [0.25, 0.3) is 0 Å². The van der Waals surface area contributed by atoms with Gasteiger partial charge in [0.2, 0.25) is 0 Å². The fourth-order valence-corrected chi connectivity index (χ4v) is 1.60. The van der Waals surface area contributed by atoms with Crippen molar-refractivity contribution in [2.45, 2.75) is 26.6 Å². The van der Waals surface area contributed by atoms with Crippen LogP contribution < -0.4 is 5.32 Å². The molecule has 1 rings (SSSR count). The summed E-state index contributed by atoms with van der Waals surface area (Å²) in [4.78, 5) is 10.5. The van der Waals surface area contributed by atoms with Gasteiger partial charge in [0.15, 0.2) is 0 Å². The topological polar surface area (TPSA) is 73.6 Å². The number of nitro groups is 1. The first-order chi connectivity index (χ1) is 9.08. The van der Waals surface area contributed by atoms with E-state index in [0.29, 0.717) is 25.5 Å². The summed E-state index contributed by atoms with van der Waals surface area (Å²) in [7, 11) is 1.66. The first-order valence-corrected chi connectivity index (χ1v) is 6.22. The molecule has 0 spiro atoms. The number of hydrogen-bond acceptors (Lipinski definition) is 5. The number of nitrogens with zero attached hydrogens (tertiary/aromatic N) is 1. The van der Waals surface area contributed by atoms with Gasteiger partial charge in [0.25, 0.3) is 5.69 Å². The molecule has 1 aromatic carbocycles. The molecular weight excluding hydrogens is 248 g/mol. The van der Waals surface area contributed by atoms with Crippen molar-refractivity contribution >= 4 is 11.4 Å². The number of rotatable bonds is 8. The molecule has 1 unspecified atom stereocenters. The summed E-state index contributed by atoms with van der Waals surface area (Å²) < 4.78 is 10.8. The molecule has 0 aliphatic rings. The van der Waals surface area contributed by atoms with Gasteiger partial charge in [-0.05, 0) is 25.5 Å². The Labute approximate surface area is 112 Å². The molecule has 1 atom stereocenters. The lowest BCUT2D eigenvalue weighted by Crippen LogP contribution is -2.15. The van der Waals surface area contributed by atoms with Crippen molar-refractivity contribution in [2.24, 2.45) is 0 Å². The Hall–Kier alpha value is -1.66. The predicted octanol–water partition coefficient (Wildman–Crippen LogP) is 2.58. The molecule has 0 saturated heterocycles. The maximum absolute atomic E-state index is 10.9. The zero-order valence-corrected chi connectivity index (χ0v) is 11.5. The molecule has 1 aromatic rings. The van der Waals surface area contributed by atoms with Crippen molar-refractivity contribution in [1.82, 2.24) is 0 Å². The number of benzene rings is 1. The van der Waals surface area contributed by atoms with E-state index in [1.165, 1.54) is 6.07 Å². The Kier molecular flexibility index (Phi) is 6.24. The molecule has 0 bridgehead atoms. The minimum atomic E-state index is -0.404. The van der Waals surface area contributed by atoms with Crippen LogP contribution >= 0.6 is 0 Å². The van der Waals surface area contributed by atoms with Crippen molar-refractivity contribution in [2.75, 3.05) is 25.6 Å². The fraction of sp³-hybridized carbons (Fsp3) is 0.538. The van der Waals surface area contributed by atoms with E-state index in [0.717, 1.165) is 5.56 Å². The average Bonchev–Trinajstić information content (AvgIpc) is 2.42. The number of ether oxygens (including phenoxy) is 2.